The van der Waals surface area contributed by atoms with Crippen LogP contribution in [0.1, 0.15) is 0 Å². The van der Waals surface area contributed by atoms with Crippen molar-refractivity contribution < 1.29 is 0 Å². The first-order valence-electron chi connectivity index (χ1n) is 3.49. The predicted octanol–water partition coefficient (Wildman–Crippen LogP) is 0.815. The normalized spacial score (nSPS) is 28.8. The summed E-state index contributed by atoms with van der Waals surface area (Å²) >= 11 is 0. The van der Waals surface area contributed by atoms with Crippen molar-refractivity contribution in [2.75, 3.05) is 6.54 Å². The maximum atomic E-state index is 3.32. The van der Waals surface area contributed by atoms with Crippen LogP contribution in [0.5, 0.6) is 0 Å². The van der Waals surface area contributed by atoms with Crippen molar-refractivity contribution in [2.24, 2.45) is 0 Å². The molecule has 0 aromatic heterocycles. The minimum atomic E-state index is 0.384. The minimum absolute atomic E-state index is 0.384. The lowest BCUT2D eigenvalue weighted by Gasteiger charge is -2.30. The molecule has 0 aromatic carbocycles. The van der Waals surface area contributed by atoms with Gasteiger partial charge in [-0.25, -0.2) is 0 Å². The second kappa shape index (κ2) is 2.31. The van der Waals surface area contributed by atoms with Crippen LogP contribution in [0.2, 0.25) is 0 Å². The summed E-state index contributed by atoms with van der Waals surface area (Å²) in [6.45, 7) is 0.972. The van der Waals surface area contributed by atoms with Crippen molar-refractivity contribution in [1.82, 2.24) is 10.2 Å². The van der Waals surface area contributed by atoms with E-state index in [2.05, 4.69) is 40.8 Å². The van der Waals surface area contributed by atoms with Gasteiger partial charge in [0.25, 0.3) is 0 Å². The zero-order valence-electron chi connectivity index (χ0n) is 5.70. The zero-order chi connectivity index (χ0) is 6.81. The molecule has 0 amide bonds. The molecule has 2 rings (SSSR count). The van der Waals surface area contributed by atoms with Crippen LogP contribution in [-0.2, 0) is 0 Å². The molecule has 2 aliphatic rings. The predicted molar refractivity (Wildman–Crippen MR) is 41.0 cm³/mol. The third-order valence-corrected chi connectivity index (χ3v) is 1.71. The molecular weight excluding hydrogens is 124 g/mol. The van der Waals surface area contributed by atoms with Crippen molar-refractivity contribution in [1.29, 1.82) is 0 Å². The number of hydrogen-bond donors (Lipinski definition) is 1. The maximum absolute atomic E-state index is 3.32. The van der Waals surface area contributed by atoms with Crippen LogP contribution in [0.25, 0.3) is 0 Å². The molecule has 2 heterocycles. The molecule has 0 bridgehead atoms. The van der Waals surface area contributed by atoms with Crippen molar-refractivity contribution >= 4 is 0 Å². The number of nitrogens with one attached hydrogen (secondary N) is 1. The van der Waals surface area contributed by atoms with Crippen molar-refractivity contribution in [3.8, 4) is 0 Å². The first-order chi connectivity index (χ1) is 4.97. The van der Waals surface area contributed by atoms with Gasteiger partial charge < -0.3 is 4.90 Å². The Morgan fingerprint density at radius 1 is 1.30 bits per heavy atom. The molecule has 0 saturated heterocycles. The SMILES string of the molecule is C1=CC2NCC=CN2C=C1. The summed E-state index contributed by atoms with van der Waals surface area (Å²) in [5.41, 5.74) is 0. The molecule has 0 radical (unpaired) electrons. The Kier molecular flexibility index (Phi) is 1.32. The Labute approximate surface area is 60.5 Å². The van der Waals surface area contributed by atoms with E-state index >= 15 is 0 Å². The largest absolute Gasteiger partial charge is 0.335 e. The second-order valence-electron chi connectivity index (χ2n) is 2.41. The summed E-state index contributed by atoms with van der Waals surface area (Å²) < 4.78 is 0. The van der Waals surface area contributed by atoms with Gasteiger partial charge in [0, 0.05) is 18.9 Å². The summed E-state index contributed by atoms with van der Waals surface area (Å²) in [6.07, 6.45) is 12.9. The van der Waals surface area contributed by atoms with Gasteiger partial charge >= 0.3 is 0 Å². The van der Waals surface area contributed by atoms with Gasteiger partial charge in [-0.15, -0.1) is 0 Å². The van der Waals surface area contributed by atoms with E-state index in [0.717, 1.165) is 6.54 Å². The topological polar surface area (TPSA) is 15.3 Å². The van der Waals surface area contributed by atoms with Gasteiger partial charge in [-0.05, 0) is 12.2 Å². The monoisotopic (exact) mass is 134 g/mol. The lowest BCUT2D eigenvalue weighted by atomic mass is 10.2. The van der Waals surface area contributed by atoms with Gasteiger partial charge in [0.05, 0.1) is 0 Å². The molecule has 10 heavy (non-hydrogen) atoms. The summed E-state index contributed by atoms with van der Waals surface area (Å²) in [5, 5.41) is 3.32. The Bertz CT molecular complexity index is 203. The highest BCUT2D eigenvalue weighted by atomic mass is 15.3. The van der Waals surface area contributed by atoms with Crippen molar-refractivity contribution in [3.05, 3.63) is 36.7 Å². The molecule has 2 nitrogen and oxygen atoms in total. The Balaban J connectivity index is 2.21. The molecule has 1 N–H and O–H groups in total. The van der Waals surface area contributed by atoms with Crippen molar-refractivity contribution in [2.45, 2.75) is 6.17 Å². The molecule has 0 saturated carbocycles. The minimum Gasteiger partial charge on any atom is -0.335 e. The third kappa shape index (κ3) is 0.866. The number of nitrogens with zero attached hydrogens (tertiary/aromatic N) is 1. The summed E-state index contributed by atoms with van der Waals surface area (Å²) in [4.78, 5) is 2.14. The van der Waals surface area contributed by atoms with E-state index in [1.54, 1.807) is 0 Å². The summed E-state index contributed by atoms with van der Waals surface area (Å²) in [5.74, 6) is 0. The standard InChI is InChI=1S/C8H10N2/c1-2-6-10-7-3-5-9-8(10)4-1/h1-4,6-9H,5H2. The maximum Gasteiger partial charge on any atom is 0.103 e. The fourth-order valence-electron chi connectivity index (χ4n) is 1.19. The van der Waals surface area contributed by atoms with Crippen LogP contribution in [0.4, 0.5) is 0 Å². The van der Waals surface area contributed by atoms with E-state index in [-0.39, 0.29) is 0 Å². The Morgan fingerprint density at radius 2 is 2.30 bits per heavy atom. The second-order valence-corrected chi connectivity index (χ2v) is 2.41. The molecule has 0 spiro atoms. The van der Waals surface area contributed by atoms with Gasteiger partial charge in [-0.2, -0.15) is 0 Å². The average molecular weight is 134 g/mol. The van der Waals surface area contributed by atoms with Crippen LogP contribution in [0, 0.1) is 0 Å². The van der Waals surface area contributed by atoms with E-state index < -0.39 is 0 Å². The summed E-state index contributed by atoms with van der Waals surface area (Å²) in [7, 11) is 0. The fraction of sp³-hybridized carbons (Fsp3) is 0.250. The van der Waals surface area contributed by atoms with E-state index in [0.29, 0.717) is 6.17 Å². The molecule has 0 aliphatic carbocycles. The van der Waals surface area contributed by atoms with E-state index in [1.165, 1.54) is 0 Å². The number of hydrogen-bond acceptors (Lipinski definition) is 2. The third-order valence-electron chi connectivity index (χ3n) is 1.71. The smallest absolute Gasteiger partial charge is 0.103 e. The molecule has 1 unspecified atom stereocenters. The van der Waals surface area contributed by atoms with Crippen molar-refractivity contribution in [3.63, 3.8) is 0 Å². The van der Waals surface area contributed by atoms with Crippen LogP contribution in [0.3, 0.4) is 0 Å². The Morgan fingerprint density at radius 3 is 3.20 bits per heavy atom. The van der Waals surface area contributed by atoms with E-state index in [1.807, 2.05) is 6.08 Å². The van der Waals surface area contributed by atoms with E-state index in [9.17, 15) is 0 Å². The lowest BCUT2D eigenvalue weighted by molar-refractivity contribution is 0.350. The molecule has 0 aromatic rings. The lowest BCUT2D eigenvalue weighted by Crippen LogP contribution is -2.42. The molecule has 52 valence electrons. The molecule has 2 aliphatic heterocycles. The van der Waals surface area contributed by atoms with Gasteiger partial charge in [-0.1, -0.05) is 12.2 Å². The van der Waals surface area contributed by atoms with Gasteiger partial charge in [-0.3, -0.25) is 5.32 Å². The molecule has 0 fully saturated rings. The number of fused-ring (bicyclic) bond motifs is 1. The van der Waals surface area contributed by atoms with Gasteiger partial charge in [0.1, 0.15) is 6.17 Å². The quantitative estimate of drug-likeness (QED) is 0.527. The van der Waals surface area contributed by atoms with Crippen LogP contribution in [0.15, 0.2) is 36.7 Å². The van der Waals surface area contributed by atoms with Crippen LogP contribution >= 0.6 is 0 Å². The number of rotatable bonds is 0. The molecule has 1 atom stereocenters. The van der Waals surface area contributed by atoms with Crippen LogP contribution < -0.4 is 5.32 Å². The van der Waals surface area contributed by atoms with Gasteiger partial charge in [0.15, 0.2) is 0 Å². The summed E-state index contributed by atoms with van der Waals surface area (Å²) in [6, 6.07) is 0. The zero-order valence-corrected chi connectivity index (χ0v) is 5.70. The Hall–Kier alpha value is -1.02. The average Bonchev–Trinajstić information content (AvgIpc) is 2.05. The first-order valence-corrected chi connectivity index (χ1v) is 3.49. The van der Waals surface area contributed by atoms with Crippen LogP contribution in [-0.4, -0.2) is 17.6 Å². The van der Waals surface area contributed by atoms with E-state index in [4.69, 9.17) is 0 Å². The molecule has 2 heteroatoms. The highest BCUT2D eigenvalue weighted by Crippen LogP contribution is 2.08. The highest BCUT2D eigenvalue weighted by Gasteiger charge is 2.12. The number of allylic oxidation sites excluding steroid dienone is 2. The van der Waals surface area contributed by atoms with Gasteiger partial charge in [0.2, 0.25) is 0 Å². The fourth-order valence-corrected chi connectivity index (χ4v) is 1.19. The first kappa shape index (κ1) is 5.74. The molecular formula is C8H10N2. The highest BCUT2D eigenvalue weighted by molar-refractivity contribution is 5.16.